The van der Waals surface area contributed by atoms with Crippen LogP contribution in [0.2, 0.25) is 10.0 Å². The summed E-state index contributed by atoms with van der Waals surface area (Å²) in [6, 6.07) is 3.32. The summed E-state index contributed by atoms with van der Waals surface area (Å²) in [7, 11) is 0. The Morgan fingerprint density at radius 1 is 1.11 bits per heavy atom. The van der Waals surface area contributed by atoms with Crippen molar-refractivity contribution in [3.63, 3.8) is 0 Å². The maximum Gasteiger partial charge on any atom is 0.142 e. The van der Waals surface area contributed by atoms with Gasteiger partial charge in [-0.1, -0.05) is 23.2 Å². The van der Waals surface area contributed by atoms with Crippen molar-refractivity contribution in [2.45, 2.75) is 12.5 Å². The van der Waals surface area contributed by atoms with E-state index in [0.29, 0.717) is 0 Å². The molecule has 100 valence electrons. The second-order valence-electron chi connectivity index (χ2n) is 4.21. The van der Waals surface area contributed by atoms with Crippen molar-refractivity contribution in [1.29, 1.82) is 0 Å². The largest absolute Gasteiger partial charge is 0.381 e. The van der Waals surface area contributed by atoms with Gasteiger partial charge in [0.05, 0.1) is 11.2 Å². The number of nitrogens with zero attached hydrogens (tertiary/aromatic N) is 1. The average molecular weight is 304 g/mol. The molecule has 1 N–H and O–H groups in total. The van der Waals surface area contributed by atoms with Crippen molar-refractivity contribution in [2.75, 3.05) is 0 Å². The maximum absolute atomic E-state index is 13.5. The van der Waals surface area contributed by atoms with Crippen molar-refractivity contribution in [3.05, 3.63) is 63.4 Å². The van der Waals surface area contributed by atoms with Gasteiger partial charge < -0.3 is 5.11 Å². The van der Waals surface area contributed by atoms with E-state index in [-0.39, 0.29) is 21.2 Å². The average Bonchev–Trinajstić information content (AvgIpc) is 2.33. The summed E-state index contributed by atoms with van der Waals surface area (Å²) in [5, 5.41) is 10.4. The van der Waals surface area contributed by atoms with Crippen molar-refractivity contribution in [2.24, 2.45) is 0 Å². The van der Waals surface area contributed by atoms with Crippen LogP contribution >= 0.6 is 23.2 Å². The molecule has 0 saturated heterocycles. The van der Waals surface area contributed by atoms with Crippen molar-refractivity contribution in [3.8, 4) is 0 Å². The number of aromatic nitrogens is 1. The fraction of sp³-hybridized carbons (Fsp3) is 0.154. The lowest BCUT2D eigenvalue weighted by Gasteiger charge is -2.25. The van der Waals surface area contributed by atoms with E-state index in [1.165, 1.54) is 19.2 Å². The van der Waals surface area contributed by atoms with Gasteiger partial charge in [-0.15, -0.1) is 0 Å². The summed E-state index contributed by atoms with van der Waals surface area (Å²) >= 11 is 11.5. The van der Waals surface area contributed by atoms with Gasteiger partial charge in [-0.3, -0.25) is 4.98 Å². The predicted octanol–water partition coefficient (Wildman–Crippen LogP) is 3.92. The van der Waals surface area contributed by atoms with Gasteiger partial charge in [0, 0.05) is 22.3 Å². The van der Waals surface area contributed by atoms with Gasteiger partial charge in [-0.05, 0) is 25.1 Å². The fourth-order valence-electron chi connectivity index (χ4n) is 1.73. The number of pyridine rings is 1. The van der Waals surface area contributed by atoms with Crippen LogP contribution in [0.3, 0.4) is 0 Å². The third kappa shape index (κ3) is 2.71. The predicted molar refractivity (Wildman–Crippen MR) is 69.3 cm³/mol. The van der Waals surface area contributed by atoms with E-state index < -0.39 is 17.2 Å². The molecule has 1 heterocycles. The van der Waals surface area contributed by atoms with Crippen LogP contribution in [-0.4, -0.2) is 10.1 Å². The van der Waals surface area contributed by atoms with Crippen LogP contribution < -0.4 is 0 Å². The van der Waals surface area contributed by atoms with Gasteiger partial charge >= 0.3 is 0 Å². The third-order valence-electron chi connectivity index (χ3n) is 2.80. The Balaban J connectivity index is 2.59. The van der Waals surface area contributed by atoms with Gasteiger partial charge in [0.1, 0.15) is 17.2 Å². The summed E-state index contributed by atoms with van der Waals surface area (Å²) in [5.41, 5.74) is -1.43. The molecule has 2 nitrogen and oxygen atoms in total. The minimum Gasteiger partial charge on any atom is -0.381 e. The number of aliphatic hydroxyl groups is 1. The minimum atomic E-state index is -1.68. The molecule has 0 aliphatic carbocycles. The second kappa shape index (κ2) is 5.04. The molecule has 0 radical (unpaired) electrons. The van der Waals surface area contributed by atoms with E-state index >= 15 is 0 Å². The van der Waals surface area contributed by atoms with Gasteiger partial charge in [-0.2, -0.15) is 0 Å². The molecule has 0 saturated carbocycles. The summed E-state index contributed by atoms with van der Waals surface area (Å²) in [5.74, 6) is -1.32. The zero-order valence-electron chi connectivity index (χ0n) is 9.79. The highest BCUT2D eigenvalue weighted by atomic mass is 35.5. The molecular weight excluding hydrogens is 295 g/mol. The topological polar surface area (TPSA) is 33.1 Å². The summed E-state index contributed by atoms with van der Waals surface area (Å²) in [6.45, 7) is 1.37. The van der Waals surface area contributed by atoms with Crippen LogP contribution in [0.1, 0.15) is 18.1 Å². The van der Waals surface area contributed by atoms with E-state index in [1.807, 2.05) is 0 Å². The number of benzene rings is 1. The Bertz CT molecular complexity index is 632. The number of hydrogen-bond acceptors (Lipinski definition) is 2. The van der Waals surface area contributed by atoms with Crippen LogP contribution in [0.5, 0.6) is 0 Å². The Kier molecular flexibility index (Phi) is 3.76. The Morgan fingerprint density at radius 3 is 2.42 bits per heavy atom. The molecule has 1 unspecified atom stereocenters. The van der Waals surface area contributed by atoms with Crippen LogP contribution in [0.4, 0.5) is 8.78 Å². The molecule has 1 aromatic carbocycles. The maximum atomic E-state index is 13.5. The molecule has 0 aliphatic heterocycles. The molecule has 2 rings (SSSR count). The molecular formula is C13H9Cl2F2NO. The molecule has 0 bridgehead atoms. The monoisotopic (exact) mass is 303 g/mol. The lowest BCUT2D eigenvalue weighted by atomic mass is 9.89. The van der Waals surface area contributed by atoms with E-state index in [9.17, 15) is 13.9 Å². The van der Waals surface area contributed by atoms with Crippen molar-refractivity contribution >= 4 is 23.2 Å². The summed E-state index contributed by atoms with van der Waals surface area (Å²) in [6.07, 6.45) is 2.29. The quantitative estimate of drug-likeness (QED) is 0.853. The Labute approximate surface area is 118 Å². The SMILES string of the molecule is CC(O)(c1cncc(F)c1)c1cc(F)c(Cl)cc1Cl. The first kappa shape index (κ1) is 14.2. The molecule has 1 atom stereocenters. The highest BCUT2D eigenvalue weighted by Gasteiger charge is 2.30. The highest BCUT2D eigenvalue weighted by molar-refractivity contribution is 6.35. The molecule has 19 heavy (non-hydrogen) atoms. The smallest absolute Gasteiger partial charge is 0.142 e. The zero-order valence-corrected chi connectivity index (χ0v) is 11.3. The molecule has 0 amide bonds. The highest BCUT2D eigenvalue weighted by Crippen LogP contribution is 2.36. The van der Waals surface area contributed by atoms with Crippen LogP contribution in [0.15, 0.2) is 30.6 Å². The molecule has 0 aliphatic rings. The van der Waals surface area contributed by atoms with E-state index in [0.717, 1.165) is 18.3 Å². The summed E-state index contributed by atoms with van der Waals surface area (Å²) in [4.78, 5) is 3.65. The summed E-state index contributed by atoms with van der Waals surface area (Å²) < 4.78 is 26.6. The normalized spacial score (nSPS) is 14.2. The van der Waals surface area contributed by atoms with Crippen LogP contribution in [0.25, 0.3) is 0 Å². The second-order valence-corrected chi connectivity index (χ2v) is 5.02. The third-order valence-corrected chi connectivity index (χ3v) is 3.40. The fourth-order valence-corrected chi connectivity index (χ4v) is 2.30. The minimum absolute atomic E-state index is 0.0839. The van der Waals surface area contributed by atoms with Gasteiger partial charge in [0.25, 0.3) is 0 Å². The molecule has 1 aromatic heterocycles. The molecule has 0 fully saturated rings. The number of hydrogen-bond donors (Lipinski definition) is 1. The van der Waals surface area contributed by atoms with Crippen molar-refractivity contribution in [1.82, 2.24) is 4.98 Å². The van der Waals surface area contributed by atoms with E-state index in [2.05, 4.69) is 4.98 Å². The lowest BCUT2D eigenvalue weighted by Crippen LogP contribution is -2.24. The first-order valence-corrected chi connectivity index (χ1v) is 6.06. The lowest BCUT2D eigenvalue weighted by molar-refractivity contribution is 0.101. The molecule has 6 heteroatoms. The Hall–Kier alpha value is -1.23. The molecule has 2 aromatic rings. The van der Waals surface area contributed by atoms with Gasteiger partial charge in [-0.25, -0.2) is 8.78 Å². The number of rotatable bonds is 2. The molecule has 0 spiro atoms. The zero-order chi connectivity index (χ0) is 14.2. The van der Waals surface area contributed by atoms with E-state index in [4.69, 9.17) is 23.2 Å². The first-order chi connectivity index (χ1) is 8.82. The number of halogens is 4. The van der Waals surface area contributed by atoms with Gasteiger partial charge in [0.15, 0.2) is 0 Å². The van der Waals surface area contributed by atoms with Gasteiger partial charge in [0.2, 0.25) is 0 Å². The van der Waals surface area contributed by atoms with E-state index in [1.54, 1.807) is 0 Å². The van der Waals surface area contributed by atoms with Crippen LogP contribution in [0, 0.1) is 11.6 Å². The Morgan fingerprint density at radius 2 is 1.79 bits per heavy atom. The standard InChI is InChI=1S/C13H9Cl2F2NO/c1-13(19,7-2-8(16)6-18-5-7)9-3-12(17)11(15)4-10(9)14/h2-6,19H,1H3. The van der Waals surface area contributed by atoms with Crippen molar-refractivity contribution < 1.29 is 13.9 Å². The van der Waals surface area contributed by atoms with Crippen LogP contribution in [-0.2, 0) is 5.60 Å². The first-order valence-electron chi connectivity index (χ1n) is 5.31.